The Morgan fingerprint density at radius 2 is 0.833 bits per heavy atom. The number of nitrogens with zero attached hydrogens (tertiary/aromatic N) is 12. The van der Waals surface area contributed by atoms with Crippen molar-refractivity contribution in [2.24, 2.45) is 0 Å². The van der Waals surface area contributed by atoms with Gasteiger partial charge >= 0.3 is 0 Å². The number of pyridine rings is 2. The number of benzene rings is 1. The van der Waals surface area contributed by atoms with Gasteiger partial charge in [0.15, 0.2) is 0 Å². The molecule has 12 nitrogen and oxygen atoms in total. The van der Waals surface area contributed by atoms with E-state index in [9.17, 15) is 61.4 Å². The van der Waals surface area contributed by atoms with Crippen molar-refractivity contribution in [3.63, 3.8) is 0 Å². The summed E-state index contributed by atoms with van der Waals surface area (Å²) in [6.07, 6.45) is 1.66. The molecule has 0 spiro atoms. The van der Waals surface area contributed by atoms with E-state index in [1.54, 1.807) is 36.4 Å². The quantitative estimate of drug-likeness (QED) is 0.278. The largest absolute Gasteiger partial charge is 0.227 e. The fourth-order valence-corrected chi connectivity index (χ4v) is 5.71. The Hall–Kier alpha value is -8.76. The molecule has 1 aromatic carbocycles. The Morgan fingerprint density at radius 3 is 1.12 bits per heavy atom. The fourth-order valence-electron chi connectivity index (χ4n) is 5.71. The summed E-state index contributed by atoms with van der Waals surface area (Å²) in [4.78, 5) is 6.86. The van der Waals surface area contributed by atoms with Gasteiger partial charge in [0.1, 0.15) is 71.8 Å². The van der Waals surface area contributed by atoms with Crippen LogP contribution in [0.15, 0.2) is 35.7 Å². The normalized spacial score (nSPS) is 11.9. The smallest absolute Gasteiger partial charge is 0.213 e. The van der Waals surface area contributed by atoms with E-state index in [2.05, 4.69) is 9.97 Å². The molecular formula is C34H4F2N12. The molecule has 0 N–H and O–H groups in total. The van der Waals surface area contributed by atoms with Gasteiger partial charge in [-0.25, -0.2) is 9.97 Å². The molecule has 0 amide bonds. The maximum atomic E-state index is 14.5. The number of nitriles is 10. The van der Waals surface area contributed by atoms with Gasteiger partial charge < -0.3 is 0 Å². The number of aromatic nitrogens is 2. The van der Waals surface area contributed by atoms with Crippen LogP contribution in [0.3, 0.4) is 0 Å². The fraction of sp³-hybridized carbons (Fsp3) is 0. The molecule has 2 aliphatic rings. The third-order valence-electron chi connectivity index (χ3n) is 7.42. The number of hydrogen-bond acceptors (Lipinski definition) is 12. The summed E-state index contributed by atoms with van der Waals surface area (Å²) >= 11 is 0. The highest BCUT2D eigenvalue weighted by Gasteiger charge is 2.44. The van der Waals surface area contributed by atoms with Crippen molar-refractivity contribution in [3.05, 3.63) is 103 Å². The molecule has 2 aromatic heterocycles. The lowest BCUT2D eigenvalue weighted by Crippen LogP contribution is -2.05. The molecule has 48 heavy (non-hydrogen) atoms. The van der Waals surface area contributed by atoms with Crippen molar-refractivity contribution in [1.29, 1.82) is 52.6 Å². The Bertz CT molecular complexity index is 2490. The maximum absolute atomic E-state index is 14.5. The Kier molecular flexibility index (Phi) is 7.50. The first-order valence-corrected chi connectivity index (χ1v) is 12.8. The maximum Gasteiger partial charge on any atom is 0.213 e. The van der Waals surface area contributed by atoms with Crippen molar-refractivity contribution >= 4 is 33.4 Å². The van der Waals surface area contributed by atoms with Crippen molar-refractivity contribution in [2.75, 3.05) is 0 Å². The summed E-state index contributed by atoms with van der Waals surface area (Å²) in [6.45, 7) is 0. The molecule has 2 heterocycles. The van der Waals surface area contributed by atoms with Gasteiger partial charge in [-0.15, -0.1) is 0 Å². The lowest BCUT2D eigenvalue weighted by Gasteiger charge is -2.16. The van der Waals surface area contributed by atoms with Crippen molar-refractivity contribution in [3.8, 4) is 60.7 Å². The van der Waals surface area contributed by atoms with Gasteiger partial charge in [-0.1, -0.05) is 0 Å². The average molecular weight is 618 g/mol. The summed E-state index contributed by atoms with van der Waals surface area (Å²) in [6, 6.07) is 19.1. The minimum atomic E-state index is -1.13. The van der Waals surface area contributed by atoms with Crippen LogP contribution in [0.1, 0.15) is 55.6 Å². The van der Waals surface area contributed by atoms with E-state index >= 15 is 0 Å². The van der Waals surface area contributed by atoms with E-state index in [1.807, 2.05) is 24.3 Å². The molecule has 0 saturated carbocycles. The number of hydrogen-bond donors (Lipinski definition) is 0. The molecule has 214 valence electrons. The zero-order chi connectivity index (χ0) is 34.9. The third kappa shape index (κ3) is 4.10. The van der Waals surface area contributed by atoms with Crippen molar-refractivity contribution in [1.82, 2.24) is 9.97 Å². The molecule has 0 unspecified atom stereocenters. The monoisotopic (exact) mass is 618 g/mol. The summed E-state index contributed by atoms with van der Waals surface area (Å²) in [5.41, 5.74) is -8.02. The second kappa shape index (κ2) is 11.7. The van der Waals surface area contributed by atoms with E-state index in [-0.39, 0.29) is 44.5 Å². The lowest BCUT2D eigenvalue weighted by atomic mass is 9.82. The highest BCUT2D eigenvalue weighted by molar-refractivity contribution is 6.32. The molecule has 0 atom stereocenters. The summed E-state index contributed by atoms with van der Waals surface area (Å²) < 4.78 is 29.1. The topological polar surface area (TPSA) is 264 Å². The van der Waals surface area contributed by atoms with E-state index in [0.29, 0.717) is 0 Å². The number of allylic oxidation sites excluding steroid dienone is 8. The molecule has 0 saturated heterocycles. The third-order valence-corrected chi connectivity index (χ3v) is 7.42. The zero-order valence-corrected chi connectivity index (χ0v) is 23.4. The molecule has 0 radical (unpaired) electrons. The number of fused-ring (bicyclic) bond motifs is 2. The van der Waals surface area contributed by atoms with E-state index in [4.69, 9.17) is 0 Å². The first kappa shape index (κ1) is 30.7. The highest BCUT2D eigenvalue weighted by atomic mass is 19.1. The predicted molar refractivity (Wildman–Crippen MR) is 155 cm³/mol. The molecule has 0 fully saturated rings. The summed E-state index contributed by atoms with van der Waals surface area (Å²) in [5, 5.41) is 102. The highest BCUT2D eigenvalue weighted by Crippen LogP contribution is 2.58. The molecule has 0 aliphatic heterocycles. The van der Waals surface area contributed by atoms with Gasteiger partial charge in [0.25, 0.3) is 0 Å². The Balaban J connectivity index is 2.18. The van der Waals surface area contributed by atoms with Crippen LogP contribution in [0.4, 0.5) is 8.78 Å². The van der Waals surface area contributed by atoms with Crippen LogP contribution < -0.4 is 0 Å². The van der Waals surface area contributed by atoms with E-state index in [0.717, 1.165) is 24.5 Å². The average Bonchev–Trinajstić information content (AvgIpc) is 3.61. The Labute approximate surface area is 268 Å². The standard InChI is InChI=1S/C34H4F2N12/c35-25-1-19(17(7-41)13-47-25)29-21(9-43)31-23(11-45)32-22(10-44)30(20-2-26(36)48-14-18(20)8-42)28(16(5-39)6-40)34(32)24(12-46)33(31)27(29)15(3-37)4-38/h1-2,13-14H. The van der Waals surface area contributed by atoms with Crippen molar-refractivity contribution in [2.45, 2.75) is 0 Å². The van der Waals surface area contributed by atoms with Gasteiger partial charge in [-0.3, -0.25) is 0 Å². The first-order chi connectivity index (χ1) is 23.2. The Morgan fingerprint density at radius 1 is 0.479 bits per heavy atom. The van der Waals surface area contributed by atoms with Crippen LogP contribution in [-0.2, 0) is 0 Å². The predicted octanol–water partition coefficient (Wildman–Crippen LogP) is 4.74. The van der Waals surface area contributed by atoms with Crippen LogP contribution in [0.5, 0.6) is 0 Å². The van der Waals surface area contributed by atoms with Gasteiger partial charge in [0, 0.05) is 80.2 Å². The molecule has 2 aliphatic carbocycles. The lowest BCUT2D eigenvalue weighted by molar-refractivity contribution is 0.582. The van der Waals surface area contributed by atoms with E-state index < -0.39 is 67.6 Å². The molecule has 3 aromatic rings. The second-order valence-corrected chi connectivity index (χ2v) is 9.47. The van der Waals surface area contributed by atoms with Gasteiger partial charge in [0.2, 0.25) is 11.9 Å². The molecule has 0 bridgehead atoms. The summed E-state index contributed by atoms with van der Waals surface area (Å²) in [7, 11) is 0. The van der Waals surface area contributed by atoms with Crippen LogP contribution in [-0.4, -0.2) is 9.97 Å². The second-order valence-electron chi connectivity index (χ2n) is 9.47. The number of rotatable bonds is 2. The van der Waals surface area contributed by atoms with Gasteiger partial charge in [0.05, 0.1) is 33.4 Å². The molecule has 14 heteroatoms. The SMILES string of the molecule is N#CC(C#N)=C1C(c2cc(F)ncc2C#N)=C(C#N)c2c(C#N)c3c(c(C#N)c21)C(=C(C#N)C#N)C(c1cc(F)ncc1C#N)=C3C#N. The minimum absolute atomic E-state index is 0.315. The zero-order valence-electron chi connectivity index (χ0n) is 23.4. The van der Waals surface area contributed by atoms with Crippen molar-refractivity contribution < 1.29 is 8.78 Å². The van der Waals surface area contributed by atoms with Crippen LogP contribution in [0.25, 0.3) is 33.4 Å². The molecule has 5 rings (SSSR count). The number of halogens is 2. The van der Waals surface area contributed by atoms with Crippen LogP contribution >= 0.6 is 0 Å². The van der Waals surface area contributed by atoms with E-state index in [1.165, 1.54) is 0 Å². The van der Waals surface area contributed by atoms with Gasteiger partial charge in [-0.05, 0) is 0 Å². The van der Waals surface area contributed by atoms with Gasteiger partial charge in [-0.2, -0.15) is 61.4 Å². The first-order valence-electron chi connectivity index (χ1n) is 12.8. The molecular weight excluding hydrogens is 614 g/mol. The summed E-state index contributed by atoms with van der Waals surface area (Å²) in [5.74, 6) is -2.25. The van der Waals surface area contributed by atoms with Crippen LogP contribution in [0.2, 0.25) is 0 Å². The van der Waals surface area contributed by atoms with Crippen LogP contribution in [0, 0.1) is 125 Å². The minimum Gasteiger partial charge on any atom is -0.227 e.